The SMILES string of the molecule is CCCNc1ncnc(NCc2ccc(Br)s2)c1Br. The lowest BCUT2D eigenvalue weighted by molar-refractivity contribution is 0.960. The number of hydrogen-bond donors (Lipinski definition) is 2. The zero-order valence-electron chi connectivity index (χ0n) is 10.4. The van der Waals surface area contributed by atoms with Crippen LogP contribution in [-0.4, -0.2) is 16.5 Å². The molecule has 0 aliphatic heterocycles. The minimum Gasteiger partial charge on any atom is -0.369 e. The summed E-state index contributed by atoms with van der Waals surface area (Å²) in [5, 5.41) is 6.57. The largest absolute Gasteiger partial charge is 0.369 e. The van der Waals surface area contributed by atoms with Crippen LogP contribution >= 0.6 is 43.2 Å². The third-order valence-corrected chi connectivity index (χ3v) is 4.77. The fourth-order valence-corrected chi connectivity index (χ4v) is 3.39. The van der Waals surface area contributed by atoms with Gasteiger partial charge in [-0.05, 0) is 50.4 Å². The van der Waals surface area contributed by atoms with E-state index in [0.717, 1.165) is 39.4 Å². The smallest absolute Gasteiger partial charge is 0.146 e. The molecule has 0 aliphatic rings. The third-order valence-electron chi connectivity index (χ3n) is 2.39. The summed E-state index contributed by atoms with van der Waals surface area (Å²) < 4.78 is 2.01. The molecule has 2 N–H and O–H groups in total. The molecule has 0 fully saturated rings. The molecule has 7 heteroatoms. The molecule has 2 rings (SSSR count). The molecule has 0 bridgehead atoms. The van der Waals surface area contributed by atoms with Gasteiger partial charge in [0.15, 0.2) is 0 Å². The molecule has 0 unspecified atom stereocenters. The summed E-state index contributed by atoms with van der Waals surface area (Å²) in [6.07, 6.45) is 2.62. The van der Waals surface area contributed by atoms with Crippen molar-refractivity contribution in [3.8, 4) is 0 Å². The molecule has 0 atom stereocenters. The molecule has 4 nitrogen and oxygen atoms in total. The van der Waals surface area contributed by atoms with Crippen LogP contribution in [0, 0.1) is 0 Å². The van der Waals surface area contributed by atoms with Crippen molar-refractivity contribution < 1.29 is 0 Å². The fraction of sp³-hybridized carbons (Fsp3) is 0.333. The van der Waals surface area contributed by atoms with E-state index in [1.165, 1.54) is 4.88 Å². The van der Waals surface area contributed by atoms with Crippen molar-refractivity contribution in [3.63, 3.8) is 0 Å². The highest BCUT2D eigenvalue weighted by molar-refractivity contribution is 9.11. The molecule has 2 aromatic heterocycles. The maximum absolute atomic E-state index is 4.25. The highest BCUT2D eigenvalue weighted by Crippen LogP contribution is 2.28. The number of anilines is 2. The second-order valence-electron chi connectivity index (χ2n) is 3.87. The van der Waals surface area contributed by atoms with Gasteiger partial charge in [0.2, 0.25) is 0 Å². The van der Waals surface area contributed by atoms with Crippen molar-refractivity contribution in [2.75, 3.05) is 17.2 Å². The van der Waals surface area contributed by atoms with Crippen molar-refractivity contribution in [3.05, 3.63) is 31.6 Å². The highest BCUT2D eigenvalue weighted by atomic mass is 79.9. The van der Waals surface area contributed by atoms with E-state index in [-0.39, 0.29) is 0 Å². The highest BCUT2D eigenvalue weighted by Gasteiger charge is 2.08. The van der Waals surface area contributed by atoms with E-state index in [0.29, 0.717) is 0 Å². The van der Waals surface area contributed by atoms with Crippen LogP contribution in [0.3, 0.4) is 0 Å². The Labute approximate surface area is 133 Å². The summed E-state index contributed by atoms with van der Waals surface area (Å²) in [5.41, 5.74) is 0. The first-order valence-electron chi connectivity index (χ1n) is 5.93. The van der Waals surface area contributed by atoms with Crippen molar-refractivity contribution >= 4 is 54.8 Å². The Bertz CT molecular complexity index is 544. The Hall–Kier alpha value is -0.660. The van der Waals surface area contributed by atoms with Gasteiger partial charge in [-0.2, -0.15) is 0 Å². The minimum atomic E-state index is 0.749. The molecule has 2 heterocycles. The molecule has 0 aromatic carbocycles. The lowest BCUT2D eigenvalue weighted by atomic mass is 10.4. The first-order chi connectivity index (χ1) is 9.20. The number of nitrogens with one attached hydrogen (secondary N) is 2. The fourth-order valence-electron chi connectivity index (χ4n) is 1.48. The maximum Gasteiger partial charge on any atom is 0.146 e. The molecule has 102 valence electrons. The van der Waals surface area contributed by atoms with Crippen LogP contribution in [0.15, 0.2) is 26.7 Å². The third kappa shape index (κ3) is 4.15. The van der Waals surface area contributed by atoms with Gasteiger partial charge >= 0.3 is 0 Å². The van der Waals surface area contributed by atoms with Crippen LogP contribution in [0.2, 0.25) is 0 Å². The van der Waals surface area contributed by atoms with E-state index in [2.05, 4.69) is 65.5 Å². The van der Waals surface area contributed by atoms with Crippen molar-refractivity contribution in [1.29, 1.82) is 0 Å². The van der Waals surface area contributed by atoms with Gasteiger partial charge in [-0.25, -0.2) is 9.97 Å². The number of nitrogens with zero attached hydrogens (tertiary/aromatic N) is 2. The van der Waals surface area contributed by atoms with Crippen LogP contribution in [0.4, 0.5) is 11.6 Å². The molecular formula is C12H14Br2N4S. The number of rotatable bonds is 6. The van der Waals surface area contributed by atoms with Gasteiger partial charge in [-0.1, -0.05) is 6.92 Å². The van der Waals surface area contributed by atoms with Crippen LogP contribution in [0.1, 0.15) is 18.2 Å². The van der Waals surface area contributed by atoms with Crippen LogP contribution in [0.25, 0.3) is 0 Å². The summed E-state index contributed by atoms with van der Waals surface area (Å²) in [7, 11) is 0. The second kappa shape index (κ2) is 7.21. The molecule has 0 radical (unpaired) electrons. The summed E-state index contributed by atoms with van der Waals surface area (Å²) in [6.45, 7) is 3.77. The van der Waals surface area contributed by atoms with Gasteiger partial charge in [0.1, 0.15) is 22.4 Å². The molecule has 0 saturated heterocycles. The zero-order chi connectivity index (χ0) is 13.7. The predicted octanol–water partition coefficient (Wildman–Crippen LogP) is 4.50. The van der Waals surface area contributed by atoms with Gasteiger partial charge in [0.25, 0.3) is 0 Å². The van der Waals surface area contributed by atoms with E-state index in [1.54, 1.807) is 17.7 Å². The Balaban J connectivity index is 2.03. The Morgan fingerprint density at radius 2 is 1.89 bits per heavy atom. The average molecular weight is 406 g/mol. The van der Waals surface area contributed by atoms with Gasteiger partial charge in [-0.3, -0.25) is 0 Å². The first kappa shape index (κ1) is 14.7. The zero-order valence-corrected chi connectivity index (χ0v) is 14.4. The summed E-state index contributed by atoms with van der Waals surface area (Å²) in [5.74, 6) is 1.63. The normalized spacial score (nSPS) is 10.5. The Morgan fingerprint density at radius 1 is 1.16 bits per heavy atom. The van der Waals surface area contributed by atoms with E-state index < -0.39 is 0 Å². The van der Waals surface area contributed by atoms with E-state index in [9.17, 15) is 0 Å². The number of aromatic nitrogens is 2. The monoisotopic (exact) mass is 404 g/mol. The van der Waals surface area contributed by atoms with Crippen molar-refractivity contribution in [2.24, 2.45) is 0 Å². The maximum atomic E-state index is 4.25. The average Bonchev–Trinajstić information content (AvgIpc) is 2.82. The number of halogens is 2. The van der Waals surface area contributed by atoms with Crippen LogP contribution < -0.4 is 10.6 Å². The number of hydrogen-bond acceptors (Lipinski definition) is 5. The summed E-state index contributed by atoms with van der Waals surface area (Å²) in [6, 6.07) is 4.14. The molecule has 0 amide bonds. The van der Waals surface area contributed by atoms with E-state index in [1.807, 2.05) is 6.07 Å². The van der Waals surface area contributed by atoms with Crippen LogP contribution in [0.5, 0.6) is 0 Å². The van der Waals surface area contributed by atoms with Crippen molar-refractivity contribution in [2.45, 2.75) is 19.9 Å². The first-order valence-corrected chi connectivity index (χ1v) is 8.33. The summed E-state index contributed by atoms with van der Waals surface area (Å²) >= 11 is 8.70. The van der Waals surface area contributed by atoms with Gasteiger partial charge in [-0.15, -0.1) is 11.3 Å². The number of thiophene rings is 1. The van der Waals surface area contributed by atoms with Gasteiger partial charge < -0.3 is 10.6 Å². The van der Waals surface area contributed by atoms with Crippen LogP contribution in [-0.2, 0) is 6.54 Å². The molecule has 19 heavy (non-hydrogen) atoms. The topological polar surface area (TPSA) is 49.8 Å². The predicted molar refractivity (Wildman–Crippen MR) is 87.9 cm³/mol. The molecular weight excluding hydrogens is 392 g/mol. The molecule has 0 spiro atoms. The van der Waals surface area contributed by atoms with Gasteiger partial charge in [0.05, 0.1) is 10.3 Å². The second-order valence-corrected chi connectivity index (χ2v) is 7.21. The quantitative estimate of drug-likeness (QED) is 0.742. The molecule has 0 saturated carbocycles. The Morgan fingerprint density at radius 3 is 2.53 bits per heavy atom. The van der Waals surface area contributed by atoms with Crippen molar-refractivity contribution in [1.82, 2.24) is 9.97 Å². The lowest BCUT2D eigenvalue weighted by Gasteiger charge is -2.10. The standard InChI is InChI=1S/C12H14Br2N4S/c1-2-5-15-11-10(14)12(18-7-17-11)16-6-8-3-4-9(13)19-8/h3-4,7H,2,5-6H2,1H3,(H2,15,16,17,18). The van der Waals surface area contributed by atoms with E-state index >= 15 is 0 Å². The molecule has 2 aromatic rings. The minimum absolute atomic E-state index is 0.749. The summed E-state index contributed by atoms with van der Waals surface area (Å²) in [4.78, 5) is 9.72. The Kier molecular flexibility index (Phi) is 5.59. The lowest BCUT2D eigenvalue weighted by Crippen LogP contribution is -2.07. The molecule has 0 aliphatic carbocycles. The van der Waals surface area contributed by atoms with E-state index in [4.69, 9.17) is 0 Å². The van der Waals surface area contributed by atoms with Gasteiger partial charge in [0, 0.05) is 11.4 Å².